The largest absolute Gasteiger partial charge is 0.370 e. The highest BCUT2D eigenvalue weighted by atomic mass is 15.2. The van der Waals surface area contributed by atoms with Crippen LogP contribution in [0.4, 0.5) is 5.69 Å². The van der Waals surface area contributed by atoms with Gasteiger partial charge in [-0.25, -0.2) is 0 Å². The van der Waals surface area contributed by atoms with Gasteiger partial charge in [0.1, 0.15) is 0 Å². The molecular weight excluding hydrogens is 196 g/mol. The number of nitrogens with zero attached hydrogens (tertiary/aromatic N) is 1. The quantitative estimate of drug-likeness (QED) is 0.779. The molecule has 1 unspecified atom stereocenters. The second-order valence-corrected chi connectivity index (χ2v) is 4.98. The lowest BCUT2D eigenvalue weighted by Crippen LogP contribution is -2.29. The zero-order valence-corrected chi connectivity index (χ0v) is 10.6. The smallest absolute Gasteiger partial charge is 0.0371 e. The molecule has 0 aromatic heterocycles. The topological polar surface area (TPSA) is 15.3 Å². The molecule has 1 fully saturated rings. The highest BCUT2D eigenvalue weighted by Gasteiger charge is 2.13. The van der Waals surface area contributed by atoms with Crippen LogP contribution >= 0.6 is 0 Å². The highest BCUT2D eigenvalue weighted by molar-refractivity contribution is 5.51. The van der Waals surface area contributed by atoms with Crippen LogP contribution in [-0.2, 0) is 0 Å². The van der Waals surface area contributed by atoms with Gasteiger partial charge in [0, 0.05) is 31.4 Å². The molecule has 1 N–H and O–H groups in total. The maximum atomic E-state index is 3.53. The standard InChI is InChI=1S/C14H22N2/c1-11-8-12(2)10-14(9-11)16-6-4-13(3)15-5-7-16/h8-10,13,15H,4-7H2,1-3H3. The summed E-state index contributed by atoms with van der Waals surface area (Å²) < 4.78 is 0. The lowest BCUT2D eigenvalue weighted by Gasteiger charge is -2.23. The number of anilines is 1. The number of hydrogen-bond acceptors (Lipinski definition) is 2. The van der Waals surface area contributed by atoms with Crippen LogP contribution in [0.1, 0.15) is 24.5 Å². The first-order valence-corrected chi connectivity index (χ1v) is 6.22. The SMILES string of the molecule is Cc1cc(C)cc(N2CCNC(C)CC2)c1. The molecule has 1 aromatic carbocycles. The van der Waals surface area contributed by atoms with Crippen molar-refractivity contribution in [1.82, 2.24) is 5.32 Å². The van der Waals surface area contributed by atoms with Crippen LogP contribution in [-0.4, -0.2) is 25.7 Å². The van der Waals surface area contributed by atoms with E-state index in [0.29, 0.717) is 6.04 Å². The van der Waals surface area contributed by atoms with Crippen LogP contribution in [0.25, 0.3) is 0 Å². The third kappa shape index (κ3) is 2.76. The van der Waals surface area contributed by atoms with Gasteiger partial charge in [-0.3, -0.25) is 0 Å². The van der Waals surface area contributed by atoms with Crippen LogP contribution < -0.4 is 10.2 Å². The first-order valence-electron chi connectivity index (χ1n) is 6.22. The van der Waals surface area contributed by atoms with Crippen molar-refractivity contribution in [2.45, 2.75) is 33.2 Å². The van der Waals surface area contributed by atoms with Gasteiger partial charge < -0.3 is 10.2 Å². The summed E-state index contributed by atoms with van der Waals surface area (Å²) in [6.07, 6.45) is 1.23. The normalized spacial score (nSPS) is 21.9. The van der Waals surface area contributed by atoms with E-state index in [9.17, 15) is 0 Å². The fourth-order valence-electron chi connectivity index (χ4n) is 2.40. The van der Waals surface area contributed by atoms with Gasteiger partial charge in [0.2, 0.25) is 0 Å². The van der Waals surface area contributed by atoms with Crippen LogP contribution in [0, 0.1) is 13.8 Å². The average molecular weight is 218 g/mol. The second kappa shape index (κ2) is 4.88. The van der Waals surface area contributed by atoms with Crippen molar-refractivity contribution in [3.05, 3.63) is 29.3 Å². The number of hydrogen-bond donors (Lipinski definition) is 1. The molecule has 1 saturated heterocycles. The van der Waals surface area contributed by atoms with E-state index in [1.165, 1.54) is 23.2 Å². The molecule has 1 aliphatic rings. The maximum absolute atomic E-state index is 3.53. The Labute approximate surface area is 98.7 Å². The predicted molar refractivity (Wildman–Crippen MR) is 70.2 cm³/mol. The van der Waals surface area contributed by atoms with Crippen LogP contribution in [0.15, 0.2) is 18.2 Å². The summed E-state index contributed by atoms with van der Waals surface area (Å²) in [7, 11) is 0. The fraction of sp³-hybridized carbons (Fsp3) is 0.571. The molecule has 1 aliphatic heterocycles. The lowest BCUT2D eigenvalue weighted by molar-refractivity contribution is 0.566. The van der Waals surface area contributed by atoms with Crippen molar-refractivity contribution in [2.24, 2.45) is 0 Å². The van der Waals surface area contributed by atoms with Crippen LogP contribution in [0.5, 0.6) is 0 Å². The maximum Gasteiger partial charge on any atom is 0.0371 e. The van der Waals surface area contributed by atoms with Crippen molar-refractivity contribution < 1.29 is 0 Å². The van der Waals surface area contributed by atoms with E-state index in [0.717, 1.165) is 19.6 Å². The predicted octanol–water partition coefficient (Wildman–Crippen LogP) is 2.49. The number of nitrogens with one attached hydrogen (secondary N) is 1. The average Bonchev–Trinajstić information content (AvgIpc) is 2.41. The molecule has 0 aliphatic carbocycles. The molecule has 0 amide bonds. The molecule has 1 aromatic rings. The van der Waals surface area contributed by atoms with Crippen molar-refractivity contribution in [3.63, 3.8) is 0 Å². The molecule has 1 heterocycles. The molecular formula is C14H22N2. The summed E-state index contributed by atoms with van der Waals surface area (Å²) in [5.74, 6) is 0. The van der Waals surface area contributed by atoms with Gasteiger partial charge in [-0.2, -0.15) is 0 Å². The van der Waals surface area contributed by atoms with Gasteiger partial charge in [-0.15, -0.1) is 0 Å². The van der Waals surface area contributed by atoms with E-state index in [1.807, 2.05) is 0 Å². The third-order valence-electron chi connectivity index (χ3n) is 3.28. The fourth-order valence-corrected chi connectivity index (χ4v) is 2.40. The zero-order valence-electron chi connectivity index (χ0n) is 10.6. The Morgan fingerprint density at radius 1 is 1.12 bits per heavy atom. The number of aryl methyl sites for hydroxylation is 2. The Kier molecular flexibility index (Phi) is 3.49. The molecule has 2 rings (SSSR count). The summed E-state index contributed by atoms with van der Waals surface area (Å²) in [5.41, 5.74) is 4.11. The first kappa shape index (κ1) is 11.5. The number of rotatable bonds is 1. The first-order chi connectivity index (χ1) is 7.65. The van der Waals surface area contributed by atoms with Crippen LogP contribution in [0.3, 0.4) is 0 Å². The summed E-state index contributed by atoms with van der Waals surface area (Å²) in [6, 6.07) is 7.48. The van der Waals surface area contributed by atoms with E-state index in [4.69, 9.17) is 0 Å². The highest BCUT2D eigenvalue weighted by Crippen LogP contribution is 2.19. The summed E-state index contributed by atoms with van der Waals surface area (Å²) >= 11 is 0. The van der Waals surface area contributed by atoms with Crippen molar-refractivity contribution >= 4 is 5.69 Å². The van der Waals surface area contributed by atoms with E-state index in [2.05, 4.69) is 49.2 Å². The minimum atomic E-state index is 0.649. The molecule has 1 atom stereocenters. The monoisotopic (exact) mass is 218 g/mol. The van der Waals surface area contributed by atoms with Crippen LogP contribution in [0.2, 0.25) is 0 Å². The molecule has 0 bridgehead atoms. The van der Waals surface area contributed by atoms with Gasteiger partial charge in [0.05, 0.1) is 0 Å². The van der Waals surface area contributed by atoms with Gasteiger partial charge in [0.15, 0.2) is 0 Å². The zero-order chi connectivity index (χ0) is 11.5. The molecule has 2 heteroatoms. The summed E-state index contributed by atoms with van der Waals surface area (Å²) in [5, 5.41) is 3.53. The van der Waals surface area contributed by atoms with Gasteiger partial charge in [-0.1, -0.05) is 6.07 Å². The lowest BCUT2D eigenvalue weighted by atomic mass is 10.1. The Hall–Kier alpha value is -1.02. The molecule has 0 radical (unpaired) electrons. The molecule has 0 saturated carbocycles. The molecule has 2 nitrogen and oxygen atoms in total. The van der Waals surface area contributed by atoms with Crippen molar-refractivity contribution in [3.8, 4) is 0 Å². The van der Waals surface area contributed by atoms with Crippen molar-refractivity contribution in [1.29, 1.82) is 0 Å². The second-order valence-electron chi connectivity index (χ2n) is 4.98. The van der Waals surface area contributed by atoms with E-state index in [-0.39, 0.29) is 0 Å². The van der Waals surface area contributed by atoms with Crippen molar-refractivity contribution in [2.75, 3.05) is 24.5 Å². The Morgan fingerprint density at radius 2 is 1.81 bits per heavy atom. The molecule has 0 spiro atoms. The van der Waals surface area contributed by atoms with Gasteiger partial charge in [-0.05, 0) is 50.5 Å². The van der Waals surface area contributed by atoms with E-state index < -0.39 is 0 Å². The third-order valence-corrected chi connectivity index (χ3v) is 3.28. The van der Waals surface area contributed by atoms with Gasteiger partial charge in [0.25, 0.3) is 0 Å². The molecule has 88 valence electrons. The summed E-state index contributed by atoms with van der Waals surface area (Å²) in [6.45, 7) is 9.99. The minimum absolute atomic E-state index is 0.649. The summed E-state index contributed by atoms with van der Waals surface area (Å²) in [4.78, 5) is 2.50. The Bertz CT molecular complexity index is 340. The Balaban J connectivity index is 2.16. The Morgan fingerprint density at radius 3 is 2.50 bits per heavy atom. The molecule has 16 heavy (non-hydrogen) atoms. The van der Waals surface area contributed by atoms with E-state index >= 15 is 0 Å². The number of benzene rings is 1. The van der Waals surface area contributed by atoms with E-state index in [1.54, 1.807) is 0 Å². The van der Waals surface area contributed by atoms with Gasteiger partial charge >= 0.3 is 0 Å². The minimum Gasteiger partial charge on any atom is -0.370 e.